The Morgan fingerprint density at radius 3 is 2.53 bits per heavy atom. The van der Waals surface area contributed by atoms with Crippen LogP contribution in [0.5, 0.6) is 0 Å². The van der Waals surface area contributed by atoms with E-state index in [1.807, 2.05) is 0 Å². The normalized spacial score (nSPS) is 19.9. The quantitative estimate of drug-likeness (QED) is 0.682. The molecule has 108 valence electrons. The molecule has 0 aromatic carbocycles. The van der Waals surface area contributed by atoms with Crippen LogP contribution in [-0.2, 0) is 9.59 Å². The lowest BCUT2D eigenvalue weighted by Crippen LogP contribution is -2.57. The van der Waals surface area contributed by atoms with Crippen LogP contribution >= 0.6 is 0 Å². The number of carbonyl (C=O) groups excluding carboxylic acids is 2. The van der Waals surface area contributed by atoms with Gasteiger partial charge in [0.15, 0.2) is 0 Å². The minimum atomic E-state index is -0.990. The molecule has 1 heterocycles. The Morgan fingerprint density at radius 2 is 2.00 bits per heavy atom. The number of hydrogen-bond donors (Lipinski definition) is 3. The summed E-state index contributed by atoms with van der Waals surface area (Å²) in [4.78, 5) is 35.5. The lowest BCUT2D eigenvalue weighted by Gasteiger charge is -2.36. The van der Waals surface area contributed by atoms with Crippen molar-refractivity contribution in [3.63, 3.8) is 0 Å². The fourth-order valence-corrected chi connectivity index (χ4v) is 2.25. The van der Waals surface area contributed by atoms with E-state index in [2.05, 4.69) is 5.32 Å². The van der Waals surface area contributed by atoms with Crippen LogP contribution < -0.4 is 11.1 Å². The summed E-state index contributed by atoms with van der Waals surface area (Å²) < 4.78 is 0. The van der Waals surface area contributed by atoms with Crippen LogP contribution in [0.1, 0.15) is 39.5 Å². The first-order valence-corrected chi connectivity index (χ1v) is 6.33. The van der Waals surface area contributed by atoms with Crippen LogP contribution in [0.2, 0.25) is 0 Å². The number of rotatable bonds is 4. The first-order chi connectivity index (χ1) is 8.73. The Balaban J connectivity index is 2.70. The van der Waals surface area contributed by atoms with Gasteiger partial charge in [0.1, 0.15) is 6.04 Å². The number of carbonyl (C=O) groups is 3. The van der Waals surface area contributed by atoms with E-state index in [9.17, 15) is 14.4 Å². The third-order valence-corrected chi connectivity index (χ3v) is 3.13. The molecule has 1 fully saturated rings. The van der Waals surface area contributed by atoms with Crippen molar-refractivity contribution in [1.29, 1.82) is 0 Å². The summed E-state index contributed by atoms with van der Waals surface area (Å²) in [6, 6.07) is -1.04. The first-order valence-electron chi connectivity index (χ1n) is 6.33. The predicted octanol–water partition coefficient (Wildman–Crippen LogP) is 0.289. The Hall–Kier alpha value is -1.79. The molecule has 1 aliphatic rings. The van der Waals surface area contributed by atoms with Gasteiger partial charge in [-0.15, -0.1) is 0 Å². The third kappa shape index (κ3) is 4.42. The molecule has 0 saturated carbocycles. The highest BCUT2D eigenvalue weighted by molar-refractivity contribution is 5.86. The van der Waals surface area contributed by atoms with Crippen LogP contribution in [-0.4, -0.2) is 46.0 Å². The van der Waals surface area contributed by atoms with Gasteiger partial charge in [-0.2, -0.15) is 0 Å². The molecule has 0 aliphatic carbocycles. The largest absolute Gasteiger partial charge is 0.481 e. The number of hydrogen-bond acceptors (Lipinski definition) is 3. The van der Waals surface area contributed by atoms with Gasteiger partial charge in [-0.3, -0.25) is 9.59 Å². The molecule has 4 N–H and O–H groups in total. The van der Waals surface area contributed by atoms with Crippen LogP contribution in [0.25, 0.3) is 0 Å². The maximum atomic E-state index is 12.1. The van der Waals surface area contributed by atoms with Crippen molar-refractivity contribution in [3.8, 4) is 0 Å². The molecule has 1 saturated heterocycles. The summed E-state index contributed by atoms with van der Waals surface area (Å²) in [6.45, 7) is 3.72. The van der Waals surface area contributed by atoms with Crippen molar-refractivity contribution in [1.82, 2.24) is 10.2 Å². The number of carboxylic acid groups (broad SMARTS) is 1. The van der Waals surface area contributed by atoms with Crippen molar-refractivity contribution < 1.29 is 19.5 Å². The predicted molar refractivity (Wildman–Crippen MR) is 68.4 cm³/mol. The molecule has 0 aromatic heterocycles. The summed E-state index contributed by atoms with van der Waals surface area (Å²) in [5.41, 5.74) is 4.41. The van der Waals surface area contributed by atoms with E-state index in [-0.39, 0.29) is 6.42 Å². The van der Waals surface area contributed by atoms with Gasteiger partial charge in [0.05, 0.1) is 6.42 Å². The molecule has 0 bridgehead atoms. The summed E-state index contributed by atoms with van der Waals surface area (Å²) >= 11 is 0. The smallest absolute Gasteiger partial charge is 0.318 e. The fraction of sp³-hybridized carbons (Fsp3) is 0.750. The number of likely N-dealkylation sites (tertiary alicyclic amines) is 1. The number of carboxylic acids is 1. The Kier molecular flexibility index (Phi) is 4.74. The molecule has 1 aliphatic heterocycles. The van der Waals surface area contributed by atoms with E-state index in [1.165, 1.54) is 4.90 Å². The number of nitrogens with one attached hydrogen (secondary N) is 1. The van der Waals surface area contributed by atoms with E-state index < -0.39 is 29.5 Å². The van der Waals surface area contributed by atoms with Crippen LogP contribution in [0, 0.1) is 0 Å². The molecule has 0 spiro atoms. The second-order valence-electron chi connectivity index (χ2n) is 5.49. The number of nitrogens with two attached hydrogens (primary N) is 1. The van der Waals surface area contributed by atoms with Crippen LogP contribution in [0.4, 0.5) is 4.79 Å². The lowest BCUT2D eigenvalue weighted by molar-refractivity contribution is -0.138. The molecular formula is C12H21N3O4. The number of nitrogens with zero attached hydrogens (tertiary/aromatic N) is 1. The average Bonchev–Trinajstić information content (AvgIpc) is 2.26. The molecule has 1 unspecified atom stereocenters. The maximum absolute atomic E-state index is 12.1. The van der Waals surface area contributed by atoms with Gasteiger partial charge in [-0.25, -0.2) is 4.79 Å². The minimum absolute atomic E-state index is 0.187. The maximum Gasteiger partial charge on any atom is 0.318 e. The van der Waals surface area contributed by atoms with E-state index in [0.29, 0.717) is 13.0 Å². The van der Waals surface area contributed by atoms with Crippen LogP contribution in [0.15, 0.2) is 0 Å². The molecule has 1 atom stereocenters. The summed E-state index contributed by atoms with van der Waals surface area (Å²) in [7, 11) is 0. The SMILES string of the molecule is CC(C)(CC(=O)O)NC(=O)N1CCCCC1C(N)=O. The fourth-order valence-electron chi connectivity index (χ4n) is 2.25. The molecular weight excluding hydrogens is 250 g/mol. The summed E-state index contributed by atoms with van der Waals surface area (Å²) in [5, 5.41) is 11.4. The van der Waals surface area contributed by atoms with Gasteiger partial charge in [0.25, 0.3) is 0 Å². The highest BCUT2D eigenvalue weighted by Crippen LogP contribution is 2.18. The molecule has 0 aromatic rings. The number of aliphatic carboxylic acids is 1. The van der Waals surface area contributed by atoms with Crippen molar-refractivity contribution >= 4 is 17.9 Å². The van der Waals surface area contributed by atoms with Crippen LogP contribution in [0.3, 0.4) is 0 Å². The molecule has 7 nitrogen and oxygen atoms in total. The van der Waals surface area contributed by atoms with E-state index in [4.69, 9.17) is 10.8 Å². The highest BCUT2D eigenvalue weighted by atomic mass is 16.4. The van der Waals surface area contributed by atoms with E-state index in [1.54, 1.807) is 13.8 Å². The van der Waals surface area contributed by atoms with E-state index >= 15 is 0 Å². The number of amides is 3. The zero-order chi connectivity index (χ0) is 14.6. The standard InChI is InChI=1S/C12H21N3O4/c1-12(2,7-9(16)17)14-11(19)15-6-4-3-5-8(15)10(13)18/h8H,3-7H2,1-2H3,(H2,13,18)(H,14,19)(H,16,17). The highest BCUT2D eigenvalue weighted by Gasteiger charge is 2.33. The summed E-state index contributed by atoms with van der Waals surface area (Å²) in [6.07, 6.45) is 2.04. The molecule has 0 radical (unpaired) electrons. The van der Waals surface area contributed by atoms with Gasteiger partial charge < -0.3 is 21.1 Å². The number of piperidine rings is 1. The third-order valence-electron chi connectivity index (χ3n) is 3.13. The molecule has 7 heteroatoms. The Morgan fingerprint density at radius 1 is 1.37 bits per heavy atom. The topological polar surface area (TPSA) is 113 Å². The number of urea groups is 1. The van der Waals surface area contributed by atoms with Gasteiger partial charge in [0.2, 0.25) is 5.91 Å². The average molecular weight is 271 g/mol. The monoisotopic (exact) mass is 271 g/mol. The van der Waals surface area contributed by atoms with Gasteiger partial charge in [-0.05, 0) is 33.1 Å². The molecule has 3 amide bonds. The van der Waals surface area contributed by atoms with Gasteiger partial charge in [0, 0.05) is 12.1 Å². The van der Waals surface area contributed by atoms with Gasteiger partial charge in [-0.1, -0.05) is 0 Å². The Bertz CT molecular complexity index is 381. The Labute approximate surface area is 112 Å². The van der Waals surface area contributed by atoms with Crippen molar-refractivity contribution in [2.45, 2.75) is 51.1 Å². The molecule has 1 rings (SSSR count). The summed E-state index contributed by atoms with van der Waals surface area (Å²) in [5.74, 6) is -1.51. The number of primary amides is 1. The van der Waals surface area contributed by atoms with Crippen molar-refractivity contribution in [2.24, 2.45) is 5.73 Å². The second kappa shape index (κ2) is 5.90. The van der Waals surface area contributed by atoms with Crippen molar-refractivity contribution in [3.05, 3.63) is 0 Å². The van der Waals surface area contributed by atoms with Crippen molar-refractivity contribution in [2.75, 3.05) is 6.54 Å². The molecule has 19 heavy (non-hydrogen) atoms. The lowest BCUT2D eigenvalue weighted by atomic mass is 10.00. The van der Waals surface area contributed by atoms with E-state index in [0.717, 1.165) is 12.8 Å². The van der Waals surface area contributed by atoms with Gasteiger partial charge >= 0.3 is 12.0 Å². The zero-order valence-corrected chi connectivity index (χ0v) is 11.3. The first kappa shape index (κ1) is 15.3. The zero-order valence-electron chi connectivity index (χ0n) is 11.3. The second-order valence-corrected chi connectivity index (χ2v) is 5.49. The minimum Gasteiger partial charge on any atom is -0.481 e.